The summed E-state index contributed by atoms with van der Waals surface area (Å²) in [7, 11) is 0. The highest BCUT2D eigenvalue weighted by atomic mass is 14.2. The van der Waals surface area contributed by atoms with Gasteiger partial charge in [0.25, 0.3) is 0 Å². The minimum atomic E-state index is 0.731. The van der Waals surface area contributed by atoms with Crippen molar-refractivity contribution in [3.05, 3.63) is 70.8 Å². The van der Waals surface area contributed by atoms with E-state index in [1.165, 1.54) is 0 Å². The van der Waals surface area contributed by atoms with E-state index in [0.29, 0.717) is 0 Å². The van der Waals surface area contributed by atoms with E-state index < -0.39 is 0 Å². The third kappa shape index (κ3) is 13.1. The molecule has 24 heavy (non-hydrogen) atoms. The smallest absolute Gasteiger partial charge is 0.0994 e. The minimum Gasteiger partial charge on any atom is -0.192 e. The van der Waals surface area contributed by atoms with Crippen LogP contribution < -0.4 is 0 Å². The van der Waals surface area contributed by atoms with Gasteiger partial charge in [0.2, 0.25) is 0 Å². The van der Waals surface area contributed by atoms with Gasteiger partial charge in [-0.25, -0.2) is 0 Å². The average molecular weight is 325 g/mol. The van der Waals surface area contributed by atoms with Crippen LogP contribution >= 0.6 is 0 Å². The molecular formula is C22H32N2. The summed E-state index contributed by atoms with van der Waals surface area (Å²) in [6, 6.07) is 19.2. The Morgan fingerprint density at radius 2 is 1.21 bits per heavy atom. The summed E-state index contributed by atoms with van der Waals surface area (Å²) < 4.78 is 0. The van der Waals surface area contributed by atoms with E-state index in [1.807, 2.05) is 97.9 Å². The number of rotatable bonds is 0. The molecule has 0 atom stereocenters. The third-order valence-electron chi connectivity index (χ3n) is 2.41. The van der Waals surface area contributed by atoms with E-state index in [9.17, 15) is 0 Å². The van der Waals surface area contributed by atoms with Crippen LogP contribution in [0.1, 0.15) is 63.8 Å². The molecule has 2 rings (SSSR count). The Balaban J connectivity index is -0.000000281. The van der Waals surface area contributed by atoms with Crippen LogP contribution in [-0.2, 0) is 0 Å². The van der Waals surface area contributed by atoms with Crippen LogP contribution in [0, 0.1) is 36.5 Å². The van der Waals surface area contributed by atoms with Gasteiger partial charge in [0.05, 0.1) is 23.3 Å². The molecule has 0 amide bonds. The topological polar surface area (TPSA) is 47.6 Å². The lowest BCUT2D eigenvalue weighted by molar-refractivity contribution is 1.39. The molecule has 0 bridgehead atoms. The van der Waals surface area contributed by atoms with Crippen molar-refractivity contribution in [3.63, 3.8) is 0 Å². The molecule has 0 aliphatic heterocycles. The molecule has 0 aliphatic rings. The zero-order valence-corrected chi connectivity index (χ0v) is 16.5. The van der Waals surface area contributed by atoms with Crippen LogP contribution in [-0.4, -0.2) is 0 Å². The lowest BCUT2D eigenvalue weighted by Crippen LogP contribution is -1.77. The van der Waals surface area contributed by atoms with Crippen LogP contribution in [0.3, 0.4) is 0 Å². The fourth-order valence-electron chi connectivity index (χ4n) is 1.41. The highest BCUT2D eigenvalue weighted by Crippen LogP contribution is 2.03. The van der Waals surface area contributed by atoms with Crippen molar-refractivity contribution in [3.8, 4) is 12.1 Å². The van der Waals surface area contributed by atoms with Crippen molar-refractivity contribution in [1.82, 2.24) is 0 Å². The maximum Gasteiger partial charge on any atom is 0.0994 e. The van der Waals surface area contributed by atoms with Gasteiger partial charge in [0.1, 0.15) is 0 Å². The number of benzene rings is 2. The second-order valence-electron chi connectivity index (χ2n) is 3.91. The molecule has 0 fully saturated rings. The summed E-state index contributed by atoms with van der Waals surface area (Å²) in [5.41, 5.74) is 3.67. The third-order valence-corrected chi connectivity index (χ3v) is 2.41. The van der Waals surface area contributed by atoms with Gasteiger partial charge in [0, 0.05) is 0 Å². The number of aryl methyl sites for hydroxylation is 2. The van der Waals surface area contributed by atoms with Crippen LogP contribution in [0.15, 0.2) is 48.5 Å². The molecule has 0 N–H and O–H groups in total. The lowest BCUT2D eigenvalue weighted by Gasteiger charge is -1.90. The fourth-order valence-corrected chi connectivity index (χ4v) is 1.41. The van der Waals surface area contributed by atoms with Gasteiger partial charge in [-0.3, -0.25) is 0 Å². The van der Waals surface area contributed by atoms with Gasteiger partial charge in [-0.15, -0.1) is 0 Å². The molecule has 2 aromatic carbocycles. The molecule has 0 spiro atoms. The first-order valence-corrected chi connectivity index (χ1v) is 8.60. The first-order valence-electron chi connectivity index (χ1n) is 8.60. The van der Waals surface area contributed by atoms with E-state index in [2.05, 4.69) is 12.1 Å². The average Bonchev–Trinajstić information content (AvgIpc) is 2.67. The van der Waals surface area contributed by atoms with Gasteiger partial charge in [-0.2, -0.15) is 10.5 Å². The second kappa shape index (κ2) is 20.4. The SMILES string of the molecule is CC.CC.CC.Cc1cccc(C#N)c1.Cc1ccccc1C#N. The Morgan fingerprint density at radius 1 is 0.667 bits per heavy atom. The van der Waals surface area contributed by atoms with E-state index >= 15 is 0 Å². The van der Waals surface area contributed by atoms with Gasteiger partial charge in [-0.1, -0.05) is 71.9 Å². The van der Waals surface area contributed by atoms with Crippen LogP contribution in [0.4, 0.5) is 0 Å². The van der Waals surface area contributed by atoms with Gasteiger partial charge in [0.15, 0.2) is 0 Å². The number of hydrogen-bond donors (Lipinski definition) is 0. The number of hydrogen-bond acceptors (Lipinski definition) is 2. The summed E-state index contributed by atoms with van der Waals surface area (Å²) >= 11 is 0. The predicted octanol–water partition coefficient (Wildman–Crippen LogP) is 6.81. The number of nitrogens with zero attached hydrogens (tertiary/aromatic N) is 2. The highest BCUT2D eigenvalue weighted by molar-refractivity contribution is 5.35. The highest BCUT2D eigenvalue weighted by Gasteiger charge is 1.90. The predicted molar refractivity (Wildman–Crippen MR) is 106 cm³/mol. The van der Waals surface area contributed by atoms with Crippen LogP contribution in [0.25, 0.3) is 0 Å². The van der Waals surface area contributed by atoms with Crippen molar-refractivity contribution >= 4 is 0 Å². The van der Waals surface area contributed by atoms with E-state index in [1.54, 1.807) is 6.07 Å². The Morgan fingerprint density at radius 3 is 1.54 bits per heavy atom. The number of nitriles is 2. The molecule has 0 aromatic heterocycles. The Kier molecular flexibility index (Phi) is 22.4. The molecule has 0 radical (unpaired) electrons. The largest absolute Gasteiger partial charge is 0.192 e. The van der Waals surface area contributed by atoms with Crippen molar-refractivity contribution in [2.45, 2.75) is 55.4 Å². The summed E-state index contributed by atoms with van der Waals surface area (Å²) in [6.07, 6.45) is 0. The monoisotopic (exact) mass is 324 g/mol. The molecule has 0 heterocycles. The maximum atomic E-state index is 8.47. The zero-order valence-electron chi connectivity index (χ0n) is 16.5. The standard InChI is InChI=1S/2C8H7N.3C2H6/c1-7-3-2-4-8(5-7)6-9;1-7-4-2-3-5-8(7)6-9;3*1-2/h2*2-5H,1H3;3*1-2H3. The van der Waals surface area contributed by atoms with Crippen LogP contribution in [0.5, 0.6) is 0 Å². The minimum absolute atomic E-state index is 0.731. The van der Waals surface area contributed by atoms with Crippen LogP contribution in [0.2, 0.25) is 0 Å². The van der Waals surface area contributed by atoms with E-state index in [4.69, 9.17) is 10.5 Å². The summed E-state index contributed by atoms with van der Waals surface area (Å²) in [5, 5.41) is 16.9. The summed E-state index contributed by atoms with van der Waals surface area (Å²) in [4.78, 5) is 0. The molecule has 0 saturated carbocycles. The molecule has 2 heteroatoms. The maximum absolute atomic E-state index is 8.47. The Bertz CT molecular complexity index is 602. The summed E-state index contributed by atoms with van der Waals surface area (Å²) in [5.74, 6) is 0. The van der Waals surface area contributed by atoms with Crippen molar-refractivity contribution in [2.24, 2.45) is 0 Å². The summed E-state index contributed by atoms with van der Waals surface area (Å²) in [6.45, 7) is 15.9. The second-order valence-corrected chi connectivity index (χ2v) is 3.91. The van der Waals surface area contributed by atoms with E-state index in [-0.39, 0.29) is 0 Å². The quantitative estimate of drug-likeness (QED) is 0.534. The molecule has 0 saturated heterocycles. The zero-order chi connectivity index (χ0) is 19.4. The lowest BCUT2D eigenvalue weighted by atomic mass is 10.1. The van der Waals surface area contributed by atoms with Crippen molar-refractivity contribution in [2.75, 3.05) is 0 Å². The fraction of sp³-hybridized carbons (Fsp3) is 0.364. The molecule has 0 aliphatic carbocycles. The molecule has 0 unspecified atom stereocenters. The van der Waals surface area contributed by atoms with Gasteiger partial charge in [-0.05, 0) is 43.2 Å². The molecule has 2 nitrogen and oxygen atoms in total. The van der Waals surface area contributed by atoms with Crippen molar-refractivity contribution in [1.29, 1.82) is 10.5 Å². The van der Waals surface area contributed by atoms with Crippen molar-refractivity contribution < 1.29 is 0 Å². The first kappa shape index (κ1) is 26.3. The molecular weight excluding hydrogens is 292 g/mol. The van der Waals surface area contributed by atoms with Gasteiger partial charge < -0.3 is 0 Å². The first-order chi connectivity index (χ1) is 11.7. The Labute approximate surface area is 149 Å². The Hall–Kier alpha value is -2.58. The normalized spacial score (nSPS) is 7.08. The molecule has 130 valence electrons. The van der Waals surface area contributed by atoms with Gasteiger partial charge >= 0.3 is 0 Å². The molecule has 2 aromatic rings. The van der Waals surface area contributed by atoms with E-state index in [0.717, 1.165) is 22.3 Å².